The number of fused-ring (bicyclic) bond motifs is 1. The van der Waals surface area contributed by atoms with Crippen LogP contribution in [0.1, 0.15) is 55.8 Å². The SMILES string of the molecule is Cc1ccc(S(=O)(=O)N2CCC(C(=O)N[C@@H]3CC(C)(C)Oc4cc(C)ccc43)CC2)cc1. The third-order valence-corrected chi connectivity index (χ3v) is 8.34. The molecule has 1 saturated heterocycles. The number of hydrogen-bond acceptors (Lipinski definition) is 4. The molecule has 1 N–H and O–H groups in total. The van der Waals surface area contributed by atoms with Crippen LogP contribution in [0.3, 0.4) is 0 Å². The van der Waals surface area contributed by atoms with Gasteiger partial charge >= 0.3 is 0 Å². The van der Waals surface area contributed by atoms with Gasteiger partial charge in [0.15, 0.2) is 0 Å². The second-order valence-electron chi connectivity index (χ2n) is 9.66. The number of carbonyl (C=O) groups excluding carboxylic acids is 1. The van der Waals surface area contributed by atoms with E-state index in [-0.39, 0.29) is 23.5 Å². The Bertz CT molecular complexity index is 1100. The molecule has 0 aromatic heterocycles. The molecule has 0 spiro atoms. The molecular formula is C25H32N2O4S. The van der Waals surface area contributed by atoms with Crippen LogP contribution in [-0.2, 0) is 14.8 Å². The predicted molar refractivity (Wildman–Crippen MR) is 124 cm³/mol. The van der Waals surface area contributed by atoms with E-state index in [0.29, 0.717) is 37.2 Å². The molecule has 1 fully saturated rings. The Morgan fingerprint density at radius 1 is 1.03 bits per heavy atom. The molecule has 1 atom stereocenters. The summed E-state index contributed by atoms with van der Waals surface area (Å²) >= 11 is 0. The summed E-state index contributed by atoms with van der Waals surface area (Å²) in [6.45, 7) is 8.72. The summed E-state index contributed by atoms with van der Waals surface area (Å²) in [6, 6.07) is 12.9. The number of nitrogens with one attached hydrogen (secondary N) is 1. The molecule has 6 nitrogen and oxygen atoms in total. The van der Waals surface area contributed by atoms with E-state index in [2.05, 4.69) is 5.32 Å². The van der Waals surface area contributed by atoms with E-state index in [1.807, 2.05) is 58.0 Å². The molecule has 32 heavy (non-hydrogen) atoms. The van der Waals surface area contributed by atoms with Crippen LogP contribution < -0.4 is 10.1 Å². The normalized spacial score (nSPS) is 21.4. The minimum Gasteiger partial charge on any atom is -0.487 e. The van der Waals surface area contributed by atoms with E-state index in [4.69, 9.17) is 4.74 Å². The zero-order chi connectivity index (χ0) is 23.1. The highest BCUT2D eigenvalue weighted by atomic mass is 32.2. The van der Waals surface area contributed by atoms with Gasteiger partial charge in [-0.25, -0.2) is 8.42 Å². The van der Waals surface area contributed by atoms with Crippen LogP contribution in [0.15, 0.2) is 47.4 Å². The van der Waals surface area contributed by atoms with E-state index in [1.165, 1.54) is 4.31 Å². The number of ether oxygens (including phenoxy) is 1. The average Bonchev–Trinajstić information content (AvgIpc) is 2.73. The van der Waals surface area contributed by atoms with E-state index in [9.17, 15) is 13.2 Å². The van der Waals surface area contributed by atoms with Crippen LogP contribution in [0.5, 0.6) is 5.75 Å². The van der Waals surface area contributed by atoms with Gasteiger partial charge in [-0.1, -0.05) is 29.8 Å². The highest BCUT2D eigenvalue weighted by molar-refractivity contribution is 7.89. The van der Waals surface area contributed by atoms with Gasteiger partial charge in [-0.3, -0.25) is 4.79 Å². The highest BCUT2D eigenvalue weighted by Gasteiger charge is 2.37. The Labute approximate surface area is 191 Å². The van der Waals surface area contributed by atoms with Crippen molar-refractivity contribution in [2.45, 2.75) is 63.5 Å². The van der Waals surface area contributed by atoms with Crippen molar-refractivity contribution in [3.63, 3.8) is 0 Å². The molecule has 2 aromatic rings. The molecule has 0 bridgehead atoms. The third kappa shape index (κ3) is 4.69. The molecule has 2 aromatic carbocycles. The molecule has 0 radical (unpaired) electrons. The Balaban J connectivity index is 1.42. The van der Waals surface area contributed by atoms with Gasteiger partial charge in [0.2, 0.25) is 15.9 Å². The molecule has 4 rings (SSSR count). The Hall–Kier alpha value is -2.38. The average molecular weight is 457 g/mol. The minimum absolute atomic E-state index is 0.00777. The van der Waals surface area contributed by atoms with Gasteiger partial charge in [-0.05, 0) is 64.3 Å². The number of piperidine rings is 1. The Morgan fingerprint density at radius 3 is 2.31 bits per heavy atom. The predicted octanol–water partition coefficient (Wildman–Crippen LogP) is 4.12. The summed E-state index contributed by atoms with van der Waals surface area (Å²) in [5.41, 5.74) is 2.77. The molecule has 0 unspecified atom stereocenters. The number of carbonyl (C=O) groups is 1. The number of aryl methyl sites for hydroxylation is 2. The van der Waals surface area contributed by atoms with Crippen LogP contribution in [0.25, 0.3) is 0 Å². The number of hydrogen-bond donors (Lipinski definition) is 1. The van der Waals surface area contributed by atoms with Crippen molar-refractivity contribution in [2.24, 2.45) is 5.92 Å². The maximum atomic E-state index is 13.1. The van der Waals surface area contributed by atoms with Gasteiger partial charge in [0.1, 0.15) is 11.4 Å². The second kappa shape index (κ2) is 8.52. The summed E-state index contributed by atoms with van der Waals surface area (Å²) in [4.78, 5) is 13.4. The third-order valence-electron chi connectivity index (χ3n) is 6.43. The van der Waals surface area contributed by atoms with Crippen molar-refractivity contribution >= 4 is 15.9 Å². The second-order valence-corrected chi connectivity index (χ2v) is 11.6. The molecule has 0 aliphatic carbocycles. The van der Waals surface area contributed by atoms with Crippen molar-refractivity contribution < 1.29 is 17.9 Å². The van der Waals surface area contributed by atoms with Crippen LogP contribution in [0.4, 0.5) is 0 Å². The van der Waals surface area contributed by atoms with Gasteiger partial charge in [0.05, 0.1) is 10.9 Å². The fraction of sp³-hybridized carbons (Fsp3) is 0.480. The van der Waals surface area contributed by atoms with Crippen LogP contribution in [-0.4, -0.2) is 37.3 Å². The number of nitrogens with zero attached hydrogens (tertiary/aromatic N) is 1. The molecule has 7 heteroatoms. The first-order valence-corrected chi connectivity index (χ1v) is 12.7. The van der Waals surface area contributed by atoms with Crippen LogP contribution in [0.2, 0.25) is 0 Å². The lowest BCUT2D eigenvalue weighted by Gasteiger charge is -2.39. The maximum Gasteiger partial charge on any atom is 0.243 e. The summed E-state index contributed by atoms with van der Waals surface area (Å²) in [5, 5.41) is 3.22. The van der Waals surface area contributed by atoms with E-state index < -0.39 is 10.0 Å². The molecular weight excluding hydrogens is 424 g/mol. The standard InChI is InChI=1S/C25H32N2O4S/c1-17-5-8-20(9-6-17)32(29,30)27-13-11-19(12-14-27)24(28)26-22-16-25(3,4)31-23-15-18(2)7-10-21(22)23/h5-10,15,19,22H,11-14,16H2,1-4H3,(H,26,28)/t22-/m1/s1. The van der Waals surface area contributed by atoms with Gasteiger partial charge in [0.25, 0.3) is 0 Å². The van der Waals surface area contributed by atoms with Crippen molar-refractivity contribution in [1.82, 2.24) is 9.62 Å². The molecule has 172 valence electrons. The lowest BCUT2D eigenvalue weighted by atomic mass is 9.88. The first kappa shape index (κ1) is 22.8. The van der Waals surface area contributed by atoms with Crippen LogP contribution in [0, 0.1) is 19.8 Å². The molecule has 2 aliphatic rings. The highest BCUT2D eigenvalue weighted by Crippen LogP contribution is 2.40. The number of amides is 1. The Morgan fingerprint density at radius 2 is 1.66 bits per heavy atom. The van der Waals surface area contributed by atoms with Crippen molar-refractivity contribution in [3.05, 3.63) is 59.2 Å². The van der Waals surface area contributed by atoms with Crippen LogP contribution >= 0.6 is 0 Å². The minimum atomic E-state index is -3.53. The Kier molecular flexibility index (Phi) is 6.07. The van der Waals surface area contributed by atoms with Crippen molar-refractivity contribution in [1.29, 1.82) is 0 Å². The molecule has 1 amide bonds. The van der Waals surface area contributed by atoms with Crippen molar-refractivity contribution in [2.75, 3.05) is 13.1 Å². The molecule has 2 heterocycles. The topological polar surface area (TPSA) is 75.7 Å². The lowest BCUT2D eigenvalue weighted by molar-refractivity contribution is -0.127. The monoisotopic (exact) mass is 456 g/mol. The van der Waals surface area contributed by atoms with Gasteiger partial charge < -0.3 is 10.1 Å². The summed E-state index contributed by atoms with van der Waals surface area (Å²) < 4.78 is 33.5. The summed E-state index contributed by atoms with van der Waals surface area (Å²) in [6.07, 6.45) is 1.73. The smallest absolute Gasteiger partial charge is 0.243 e. The van der Waals surface area contributed by atoms with Gasteiger partial charge in [-0.15, -0.1) is 0 Å². The van der Waals surface area contributed by atoms with Gasteiger partial charge in [-0.2, -0.15) is 4.31 Å². The number of rotatable bonds is 4. The summed E-state index contributed by atoms with van der Waals surface area (Å²) in [7, 11) is -3.53. The zero-order valence-electron chi connectivity index (χ0n) is 19.2. The number of benzene rings is 2. The lowest BCUT2D eigenvalue weighted by Crippen LogP contribution is -2.46. The molecule has 2 aliphatic heterocycles. The fourth-order valence-electron chi connectivity index (χ4n) is 4.59. The first-order valence-electron chi connectivity index (χ1n) is 11.2. The largest absolute Gasteiger partial charge is 0.487 e. The quantitative estimate of drug-likeness (QED) is 0.751. The summed E-state index contributed by atoms with van der Waals surface area (Å²) in [5.74, 6) is 0.622. The molecule has 0 saturated carbocycles. The fourth-order valence-corrected chi connectivity index (χ4v) is 6.06. The van der Waals surface area contributed by atoms with Gasteiger partial charge in [0, 0.05) is 31.0 Å². The van der Waals surface area contributed by atoms with E-state index in [1.54, 1.807) is 12.1 Å². The zero-order valence-corrected chi connectivity index (χ0v) is 20.0. The van der Waals surface area contributed by atoms with E-state index >= 15 is 0 Å². The first-order chi connectivity index (χ1) is 15.0. The maximum absolute atomic E-state index is 13.1. The number of sulfonamides is 1. The van der Waals surface area contributed by atoms with E-state index in [0.717, 1.165) is 22.4 Å². The van der Waals surface area contributed by atoms with Crippen molar-refractivity contribution in [3.8, 4) is 5.75 Å².